The molecule has 2 N–H and O–H groups in total. The predicted octanol–water partition coefficient (Wildman–Crippen LogP) is 1.36. The lowest BCUT2D eigenvalue weighted by Crippen LogP contribution is -2.25. The number of aliphatic carboxylic acids is 2. The van der Waals surface area contributed by atoms with Gasteiger partial charge in [-0.25, -0.2) is 9.59 Å². The van der Waals surface area contributed by atoms with E-state index in [1.807, 2.05) is 11.8 Å². The van der Waals surface area contributed by atoms with Crippen molar-refractivity contribution in [2.45, 2.75) is 36.5 Å². The van der Waals surface area contributed by atoms with Crippen molar-refractivity contribution in [3.8, 4) is 0 Å². The van der Waals surface area contributed by atoms with Crippen LogP contribution in [-0.2, 0) is 19.1 Å². The summed E-state index contributed by atoms with van der Waals surface area (Å²) in [6, 6.07) is 0. The maximum absolute atomic E-state index is 9.10. The van der Waals surface area contributed by atoms with E-state index in [9.17, 15) is 0 Å². The largest absolute Gasteiger partial charge is 0.473 e. The molecule has 4 heterocycles. The standard InChI is InChI=1S/C14H21N3O2S2.C2H2O4/c1-2-10-8-17(4-1)9-11(10)13-14(16-21-15-13)20-7-3-12-18-5-6-19-12;3-1(4)2(5)6/h10-12H,1-9H2;(H,3,4)(H,5,6). The van der Waals surface area contributed by atoms with E-state index in [1.54, 1.807) is 0 Å². The summed E-state index contributed by atoms with van der Waals surface area (Å²) in [5.74, 6) is -1.26. The number of thioether (sulfide) groups is 1. The minimum Gasteiger partial charge on any atom is -0.473 e. The topological polar surface area (TPSA) is 122 Å². The van der Waals surface area contributed by atoms with E-state index in [2.05, 4.69) is 13.6 Å². The summed E-state index contributed by atoms with van der Waals surface area (Å²) in [5, 5.41) is 15.9. The first kappa shape index (κ1) is 20.5. The summed E-state index contributed by atoms with van der Waals surface area (Å²) in [5.41, 5.74) is 1.26. The van der Waals surface area contributed by atoms with E-state index in [0.29, 0.717) is 5.92 Å². The van der Waals surface area contributed by atoms with E-state index >= 15 is 0 Å². The Kier molecular flexibility index (Phi) is 7.41. The third-order valence-corrected chi connectivity index (χ3v) is 6.54. The molecule has 3 atom stereocenters. The van der Waals surface area contributed by atoms with Gasteiger partial charge in [-0.1, -0.05) is 0 Å². The van der Waals surface area contributed by atoms with Gasteiger partial charge in [0.25, 0.3) is 0 Å². The second-order valence-corrected chi connectivity index (χ2v) is 8.25. The lowest BCUT2D eigenvalue weighted by molar-refractivity contribution is -0.159. The van der Waals surface area contributed by atoms with Crippen LogP contribution in [0.2, 0.25) is 0 Å². The Bertz CT molecular complexity index is 640. The average molecular weight is 418 g/mol. The summed E-state index contributed by atoms with van der Waals surface area (Å²) in [4.78, 5) is 20.8. The lowest BCUT2D eigenvalue weighted by atomic mass is 9.89. The average Bonchev–Trinajstić information content (AvgIpc) is 3.37. The predicted molar refractivity (Wildman–Crippen MR) is 98.1 cm³/mol. The minimum atomic E-state index is -1.82. The zero-order chi connectivity index (χ0) is 19.2. The van der Waals surface area contributed by atoms with Crippen molar-refractivity contribution in [1.29, 1.82) is 0 Å². The highest BCUT2D eigenvalue weighted by Crippen LogP contribution is 2.41. The van der Waals surface area contributed by atoms with E-state index in [4.69, 9.17) is 29.3 Å². The van der Waals surface area contributed by atoms with Gasteiger partial charge in [0.2, 0.25) is 0 Å². The lowest BCUT2D eigenvalue weighted by Gasteiger charge is -2.21. The van der Waals surface area contributed by atoms with Crippen LogP contribution in [0.3, 0.4) is 0 Å². The van der Waals surface area contributed by atoms with Crippen LogP contribution >= 0.6 is 23.5 Å². The van der Waals surface area contributed by atoms with Gasteiger partial charge in [0.15, 0.2) is 6.29 Å². The Morgan fingerprint density at radius 2 is 1.93 bits per heavy atom. The van der Waals surface area contributed by atoms with Crippen molar-refractivity contribution < 1.29 is 29.3 Å². The number of hydrogen-bond acceptors (Lipinski definition) is 9. The van der Waals surface area contributed by atoms with Gasteiger partial charge in [0.05, 0.1) is 30.6 Å². The second-order valence-electron chi connectivity index (χ2n) is 6.64. The summed E-state index contributed by atoms with van der Waals surface area (Å²) < 4.78 is 20.1. The van der Waals surface area contributed by atoms with Crippen LogP contribution in [-0.4, -0.2) is 80.7 Å². The first-order valence-corrected chi connectivity index (χ1v) is 10.6. The minimum absolute atomic E-state index is 0.00986. The van der Waals surface area contributed by atoms with Crippen molar-refractivity contribution in [2.75, 3.05) is 38.6 Å². The molecular formula is C16H23N3O6S2. The van der Waals surface area contributed by atoms with Crippen LogP contribution in [0.1, 0.15) is 30.9 Å². The highest BCUT2D eigenvalue weighted by molar-refractivity contribution is 7.99. The normalized spacial score (nSPS) is 27.2. The Labute approximate surface area is 165 Å². The van der Waals surface area contributed by atoms with E-state index in [1.165, 1.54) is 49.9 Å². The highest BCUT2D eigenvalue weighted by atomic mass is 32.2. The molecule has 3 fully saturated rings. The highest BCUT2D eigenvalue weighted by Gasteiger charge is 2.38. The monoisotopic (exact) mass is 417 g/mol. The molecule has 150 valence electrons. The number of carbonyl (C=O) groups is 2. The first-order chi connectivity index (χ1) is 13.0. The molecule has 9 nitrogen and oxygen atoms in total. The van der Waals surface area contributed by atoms with Gasteiger partial charge in [-0.2, -0.15) is 8.75 Å². The third-order valence-electron chi connectivity index (χ3n) is 4.87. The van der Waals surface area contributed by atoms with Gasteiger partial charge >= 0.3 is 11.9 Å². The van der Waals surface area contributed by atoms with Gasteiger partial charge < -0.3 is 24.6 Å². The molecule has 1 aromatic rings. The summed E-state index contributed by atoms with van der Waals surface area (Å²) >= 11 is 3.19. The third kappa shape index (κ3) is 5.61. The molecule has 0 spiro atoms. The fourth-order valence-corrected chi connectivity index (χ4v) is 5.40. The molecule has 0 amide bonds. The molecule has 27 heavy (non-hydrogen) atoms. The molecule has 3 unspecified atom stereocenters. The molecule has 4 rings (SSSR count). The molecule has 0 radical (unpaired) electrons. The van der Waals surface area contributed by atoms with Crippen LogP contribution in [0.25, 0.3) is 0 Å². The van der Waals surface area contributed by atoms with Crippen LogP contribution in [0, 0.1) is 5.92 Å². The van der Waals surface area contributed by atoms with Crippen LogP contribution in [0.5, 0.6) is 0 Å². The number of fused-ring (bicyclic) bond motifs is 2. The number of ether oxygens (including phenoxy) is 2. The molecular weight excluding hydrogens is 394 g/mol. The fourth-order valence-electron chi connectivity index (χ4n) is 3.66. The number of aromatic nitrogens is 2. The molecule has 3 saturated heterocycles. The number of carboxylic acids is 2. The summed E-state index contributed by atoms with van der Waals surface area (Å²) in [7, 11) is 0. The van der Waals surface area contributed by atoms with Gasteiger partial charge in [-0.15, -0.1) is 11.8 Å². The fraction of sp³-hybridized carbons (Fsp3) is 0.750. The van der Waals surface area contributed by atoms with E-state index in [0.717, 1.165) is 36.3 Å². The van der Waals surface area contributed by atoms with Crippen molar-refractivity contribution in [1.82, 2.24) is 13.6 Å². The van der Waals surface area contributed by atoms with E-state index in [-0.39, 0.29) is 6.29 Å². The molecule has 2 bridgehead atoms. The van der Waals surface area contributed by atoms with Crippen molar-refractivity contribution >= 4 is 35.4 Å². The van der Waals surface area contributed by atoms with Crippen LogP contribution in [0.4, 0.5) is 0 Å². The molecule has 0 saturated carbocycles. The van der Waals surface area contributed by atoms with Gasteiger partial charge in [0.1, 0.15) is 5.03 Å². The zero-order valence-corrected chi connectivity index (χ0v) is 16.4. The first-order valence-electron chi connectivity index (χ1n) is 8.91. The van der Waals surface area contributed by atoms with Crippen molar-refractivity contribution in [2.24, 2.45) is 5.92 Å². The van der Waals surface area contributed by atoms with Crippen molar-refractivity contribution in [3.05, 3.63) is 5.69 Å². The molecule has 11 heteroatoms. The maximum atomic E-state index is 9.10. The Morgan fingerprint density at radius 3 is 2.59 bits per heavy atom. The van der Waals surface area contributed by atoms with E-state index < -0.39 is 11.9 Å². The molecule has 3 aliphatic heterocycles. The maximum Gasteiger partial charge on any atom is 0.414 e. The van der Waals surface area contributed by atoms with Gasteiger partial charge in [-0.3, -0.25) is 0 Å². The SMILES string of the molecule is C1CC2CN(C1)CC2c1nsnc1SCCC1OCCO1.O=C(O)C(=O)O. The van der Waals surface area contributed by atoms with Gasteiger partial charge in [0, 0.05) is 31.2 Å². The van der Waals surface area contributed by atoms with Crippen molar-refractivity contribution in [3.63, 3.8) is 0 Å². The second kappa shape index (κ2) is 9.78. The Hall–Kier alpha value is -1.27. The smallest absolute Gasteiger partial charge is 0.414 e. The van der Waals surface area contributed by atoms with Gasteiger partial charge in [-0.05, 0) is 25.3 Å². The molecule has 1 aromatic heterocycles. The number of rotatable bonds is 5. The number of piperidine rings is 1. The Balaban J connectivity index is 0.000000307. The molecule has 3 aliphatic rings. The molecule has 0 aromatic carbocycles. The van der Waals surface area contributed by atoms with Crippen LogP contribution < -0.4 is 0 Å². The van der Waals surface area contributed by atoms with Crippen LogP contribution in [0.15, 0.2) is 5.03 Å². The number of hydrogen-bond donors (Lipinski definition) is 2. The molecule has 0 aliphatic carbocycles. The number of carboxylic acid groups (broad SMARTS) is 2. The Morgan fingerprint density at radius 1 is 1.19 bits per heavy atom. The quantitative estimate of drug-likeness (QED) is 0.536. The number of nitrogens with zero attached hydrogens (tertiary/aromatic N) is 3. The summed E-state index contributed by atoms with van der Waals surface area (Å²) in [6.45, 7) is 5.18. The summed E-state index contributed by atoms with van der Waals surface area (Å²) in [6.07, 6.45) is 3.62. The zero-order valence-electron chi connectivity index (χ0n) is 14.8.